The first-order valence-electron chi connectivity index (χ1n) is 7.54. The molecule has 0 spiro atoms. The van der Waals surface area contributed by atoms with Crippen molar-refractivity contribution in [3.63, 3.8) is 0 Å². The number of carboxylic acids is 1. The largest absolute Gasteiger partial charge is 0.481 e. The van der Waals surface area contributed by atoms with Crippen LogP contribution in [0.1, 0.15) is 53.4 Å². The summed E-state index contributed by atoms with van der Waals surface area (Å²) in [5.41, 5.74) is 0. The smallest absolute Gasteiger partial charge is 0.317 e. The van der Waals surface area contributed by atoms with Crippen LogP contribution < -0.4 is 5.32 Å². The predicted octanol–water partition coefficient (Wildman–Crippen LogP) is 2.95. The van der Waals surface area contributed by atoms with E-state index in [2.05, 4.69) is 33.0 Å². The van der Waals surface area contributed by atoms with Crippen LogP contribution in [0.15, 0.2) is 0 Å². The summed E-state index contributed by atoms with van der Waals surface area (Å²) in [4.78, 5) is 24.6. The van der Waals surface area contributed by atoms with E-state index in [1.807, 2.05) is 0 Å². The molecular formula is C15H30N2O3. The van der Waals surface area contributed by atoms with Crippen molar-refractivity contribution in [1.82, 2.24) is 10.2 Å². The number of nitrogens with one attached hydrogen (secondary N) is 1. The number of carbonyl (C=O) groups excluding carboxylic acids is 1. The zero-order chi connectivity index (χ0) is 15.7. The van der Waals surface area contributed by atoms with Crippen LogP contribution in [-0.2, 0) is 4.79 Å². The van der Waals surface area contributed by atoms with Gasteiger partial charge in [0.2, 0.25) is 0 Å². The number of carbonyl (C=O) groups is 2. The third-order valence-electron chi connectivity index (χ3n) is 3.62. The Labute approximate surface area is 122 Å². The molecule has 0 rings (SSSR count). The monoisotopic (exact) mass is 286 g/mol. The third-order valence-corrected chi connectivity index (χ3v) is 3.62. The van der Waals surface area contributed by atoms with Gasteiger partial charge in [0.15, 0.2) is 0 Å². The lowest BCUT2D eigenvalue weighted by Crippen LogP contribution is -2.44. The predicted molar refractivity (Wildman–Crippen MR) is 80.7 cm³/mol. The summed E-state index contributed by atoms with van der Waals surface area (Å²) in [7, 11) is 1.79. The van der Waals surface area contributed by atoms with Gasteiger partial charge in [0, 0.05) is 26.1 Å². The molecule has 0 aromatic rings. The molecule has 1 atom stereocenters. The number of nitrogens with zero attached hydrogens (tertiary/aromatic N) is 1. The van der Waals surface area contributed by atoms with E-state index in [1.165, 1.54) is 0 Å². The average molecular weight is 286 g/mol. The van der Waals surface area contributed by atoms with E-state index in [-0.39, 0.29) is 24.4 Å². The van der Waals surface area contributed by atoms with E-state index in [1.54, 1.807) is 11.9 Å². The van der Waals surface area contributed by atoms with Gasteiger partial charge in [0.25, 0.3) is 0 Å². The SMILES string of the molecule is CCC(CC)N(C)C(=O)NCC(CC(=O)O)CC(C)C. The molecule has 0 aliphatic heterocycles. The highest BCUT2D eigenvalue weighted by atomic mass is 16.4. The Morgan fingerprint density at radius 3 is 2.15 bits per heavy atom. The molecule has 5 heteroatoms. The summed E-state index contributed by atoms with van der Waals surface area (Å²) in [6, 6.07) is 0.121. The zero-order valence-electron chi connectivity index (χ0n) is 13.5. The van der Waals surface area contributed by atoms with Gasteiger partial charge < -0.3 is 15.3 Å². The Morgan fingerprint density at radius 1 is 1.20 bits per heavy atom. The summed E-state index contributed by atoms with van der Waals surface area (Å²) >= 11 is 0. The maximum absolute atomic E-state index is 12.0. The standard InChI is InChI=1S/C15H30N2O3/c1-6-13(7-2)17(5)15(20)16-10-12(8-11(3)4)9-14(18)19/h11-13H,6-10H2,1-5H3,(H,16,20)(H,18,19). The van der Waals surface area contributed by atoms with Crippen molar-refractivity contribution < 1.29 is 14.7 Å². The van der Waals surface area contributed by atoms with E-state index in [9.17, 15) is 9.59 Å². The second kappa shape index (κ2) is 9.61. The molecule has 0 aliphatic rings. The summed E-state index contributed by atoms with van der Waals surface area (Å²) in [5, 5.41) is 11.8. The number of urea groups is 1. The Hall–Kier alpha value is -1.26. The van der Waals surface area contributed by atoms with Gasteiger partial charge in [0.1, 0.15) is 0 Å². The number of carboxylic acid groups (broad SMARTS) is 1. The van der Waals surface area contributed by atoms with Crippen LogP contribution in [0.25, 0.3) is 0 Å². The van der Waals surface area contributed by atoms with Gasteiger partial charge >= 0.3 is 12.0 Å². The van der Waals surface area contributed by atoms with Gasteiger partial charge in [-0.2, -0.15) is 0 Å². The van der Waals surface area contributed by atoms with Crippen molar-refractivity contribution in [2.24, 2.45) is 11.8 Å². The van der Waals surface area contributed by atoms with Crippen LogP contribution in [0.3, 0.4) is 0 Å². The number of rotatable bonds is 9. The highest BCUT2D eigenvalue weighted by Gasteiger charge is 2.19. The van der Waals surface area contributed by atoms with Crippen molar-refractivity contribution in [2.45, 2.75) is 59.4 Å². The van der Waals surface area contributed by atoms with Gasteiger partial charge in [-0.25, -0.2) is 4.79 Å². The molecule has 0 saturated heterocycles. The van der Waals surface area contributed by atoms with Gasteiger partial charge in [0.05, 0.1) is 0 Å². The minimum absolute atomic E-state index is 0.00782. The highest BCUT2D eigenvalue weighted by Crippen LogP contribution is 2.15. The summed E-state index contributed by atoms with van der Waals surface area (Å²) in [6.07, 6.45) is 2.75. The van der Waals surface area contributed by atoms with Crippen LogP contribution in [0.4, 0.5) is 4.79 Å². The van der Waals surface area contributed by atoms with E-state index in [0.717, 1.165) is 19.3 Å². The number of amides is 2. The lowest BCUT2D eigenvalue weighted by Gasteiger charge is -2.27. The van der Waals surface area contributed by atoms with E-state index in [4.69, 9.17) is 5.11 Å². The fourth-order valence-corrected chi connectivity index (χ4v) is 2.51. The maximum atomic E-state index is 12.0. The molecule has 0 saturated carbocycles. The fraction of sp³-hybridized carbons (Fsp3) is 0.867. The van der Waals surface area contributed by atoms with Crippen LogP contribution >= 0.6 is 0 Å². The van der Waals surface area contributed by atoms with Crippen molar-refractivity contribution in [1.29, 1.82) is 0 Å². The molecule has 0 heterocycles. The van der Waals surface area contributed by atoms with Crippen LogP contribution in [-0.4, -0.2) is 41.6 Å². The topological polar surface area (TPSA) is 69.6 Å². The molecule has 5 nitrogen and oxygen atoms in total. The molecule has 20 heavy (non-hydrogen) atoms. The average Bonchev–Trinajstić information content (AvgIpc) is 2.35. The normalized spacial score (nSPS) is 12.6. The lowest BCUT2D eigenvalue weighted by atomic mass is 9.94. The minimum atomic E-state index is -0.807. The third kappa shape index (κ3) is 7.36. The Morgan fingerprint density at radius 2 is 1.75 bits per heavy atom. The lowest BCUT2D eigenvalue weighted by molar-refractivity contribution is -0.138. The molecule has 0 aromatic heterocycles. The van der Waals surface area contributed by atoms with Gasteiger partial charge in [-0.1, -0.05) is 27.7 Å². The van der Waals surface area contributed by atoms with Crippen LogP contribution in [0.5, 0.6) is 0 Å². The molecule has 0 bridgehead atoms. The zero-order valence-corrected chi connectivity index (χ0v) is 13.5. The van der Waals surface area contributed by atoms with Crippen molar-refractivity contribution in [3.8, 4) is 0 Å². The van der Waals surface area contributed by atoms with E-state index < -0.39 is 5.97 Å². The van der Waals surface area contributed by atoms with Crippen LogP contribution in [0, 0.1) is 11.8 Å². The number of aliphatic carboxylic acids is 1. The second-order valence-corrected chi connectivity index (χ2v) is 5.86. The van der Waals surface area contributed by atoms with Crippen molar-refractivity contribution in [3.05, 3.63) is 0 Å². The first-order valence-corrected chi connectivity index (χ1v) is 7.54. The van der Waals surface area contributed by atoms with Crippen LogP contribution in [0.2, 0.25) is 0 Å². The molecule has 0 aromatic carbocycles. The first-order chi connectivity index (χ1) is 9.31. The quantitative estimate of drug-likeness (QED) is 0.684. The molecule has 0 aliphatic carbocycles. The molecule has 0 radical (unpaired) electrons. The molecule has 2 amide bonds. The Balaban J connectivity index is 4.38. The van der Waals surface area contributed by atoms with Crippen molar-refractivity contribution >= 4 is 12.0 Å². The van der Waals surface area contributed by atoms with Crippen molar-refractivity contribution in [2.75, 3.05) is 13.6 Å². The Kier molecular flexibility index (Phi) is 9.01. The maximum Gasteiger partial charge on any atom is 0.317 e. The molecule has 118 valence electrons. The molecule has 2 N–H and O–H groups in total. The summed E-state index contributed by atoms with van der Waals surface area (Å²) in [5.74, 6) is -0.391. The summed E-state index contributed by atoms with van der Waals surface area (Å²) in [6.45, 7) is 8.67. The van der Waals surface area contributed by atoms with Gasteiger partial charge in [-0.05, 0) is 31.1 Å². The van der Waals surface area contributed by atoms with E-state index >= 15 is 0 Å². The minimum Gasteiger partial charge on any atom is -0.481 e. The second-order valence-electron chi connectivity index (χ2n) is 5.86. The first kappa shape index (κ1) is 18.7. The van der Waals surface area contributed by atoms with Gasteiger partial charge in [-0.3, -0.25) is 4.79 Å². The molecular weight excluding hydrogens is 256 g/mol. The summed E-state index contributed by atoms with van der Waals surface area (Å²) < 4.78 is 0. The molecule has 1 unspecified atom stereocenters. The number of hydrogen-bond donors (Lipinski definition) is 2. The Bertz CT molecular complexity index is 301. The molecule has 0 fully saturated rings. The highest BCUT2D eigenvalue weighted by molar-refractivity contribution is 5.74. The fourth-order valence-electron chi connectivity index (χ4n) is 2.51. The number of hydrogen-bond acceptors (Lipinski definition) is 2. The van der Waals surface area contributed by atoms with Gasteiger partial charge in [-0.15, -0.1) is 0 Å². The van der Waals surface area contributed by atoms with E-state index in [0.29, 0.717) is 12.5 Å².